The summed E-state index contributed by atoms with van der Waals surface area (Å²) in [7, 11) is 0. The van der Waals surface area contributed by atoms with Crippen molar-refractivity contribution in [2.75, 3.05) is 6.61 Å². The Labute approximate surface area is 121 Å². The fourth-order valence-corrected chi connectivity index (χ4v) is 3.13. The minimum Gasteiger partial charge on any atom is -0.492 e. The highest BCUT2D eigenvalue weighted by Gasteiger charge is 2.11. The van der Waals surface area contributed by atoms with Gasteiger partial charge in [-0.1, -0.05) is 42.8 Å². The average molecular weight is 364 g/mol. The standard InChI is InChI=1S/C14H20Br2O/c1-4-7-17-14-6-5-11(9-13(14)16)12(15)8-10(2)3/h5-6,9-10,12H,4,7-8H2,1-3H3. The Balaban J connectivity index is 2.73. The highest BCUT2D eigenvalue weighted by atomic mass is 79.9. The van der Waals surface area contributed by atoms with Crippen LogP contribution in [0.25, 0.3) is 0 Å². The lowest BCUT2D eigenvalue weighted by Gasteiger charge is -2.14. The van der Waals surface area contributed by atoms with Gasteiger partial charge in [-0.25, -0.2) is 0 Å². The lowest BCUT2D eigenvalue weighted by molar-refractivity contribution is 0.315. The van der Waals surface area contributed by atoms with E-state index in [-0.39, 0.29) is 0 Å². The van der Waals surface area contributed by atoms with Crippen LogP contribution in [0.15, 0.2) is 22.7 Å². The van der Waals surface area contributed by atoms with Gasteiger partial charge in [0, 0.05) is 4.83 Å². The van der Waals surface area contributed by atoms with Gasteiger partial charge in [-0.2, -0.15) is 0 Å². The Hall–Kier alpha value is -0.0200. The third-order valence-corrected chi connectivity index (χ3v) is 3.98. The second-order valence-corrected chi connectivity index (χ2v) is 6.60. The molecule has 1 nitrogen and oxygen atoms in total. The van der Waals surface area contributed by atoms with Gasteiger partial charge in [-0.3, -0.25) is 0 Å². The number of benzene rings is 1. The third kappa shape index (κ3) is 5.01. The molecule has 96 valence electrons. The number of halogens is 2. The molecule has 0 aliphatic heterocycles. The molecule has 0 spiro atoms. The highest BCUT2D eigenvalue weighted by Crippen LogP contribution is 2.34. The van der Waals surface area contributed by atoms with Gasteiger partial charge in [0.15, 0.2) is 0 Å². The molecule has 0 radical (unpaired) electrons. The molecule has 0 saturated carbocycles. The molecule has 0 saturated heterocycles. The van der Waals surface area contributed by atoms with Gasteiger partial charge in [0.25, 0.3) is 0 Å². The number of alkyl halides is 1. The molecular weight excluding hydrogens is 344 g/mol. The molecule has 0 heterocycles. The summed E-state index contributed by atoms with van der Waals surface area (Å²) in [6.07, 6.45) is 2.17. The maximum atomic E-state index is 5.64. The van der Waals surface area contributed by atoms with E-state index in [0.29, 0.717) is 10.7 Å². The Morgan fingerprint density at radius 3 is 2.53 bits per heavy atom. The largest absolute Gasteiger partial charge is 0.492 e. The van der Waals surface area contributed by atoms with Crippen molar-refractivity contribution in [3.05, 3.63) is 28.2 Å². The van der Waals surface area contributed by atoms with Crippen LogP contribution in [0.3, 0.4) is 0 Å². The van der Waals surface area contributed by atoms with Crippen LogP contribution in [-0.4, -0.2) is 6.61 Å². The number of rotatable bonds is 6. The first-order valence-corrected chi connectivity index (χ1v) is 7.81. The molecule has 1 aromatic rings. The smallest absolute Gasteiger partial charge is 0.133 e. The predicted octanol–water partition coefficient (Wildman–Crippen LogP) is 5.72. The van der Waals surface area contributed by atoms with Crippen LogP contribution in [0.2, 0.25) is 0 Å². The third-order valence-electron chi connectivity index (χ3n) is 2.46. The first kappa shape index (κ1) is 15.0. The van der Waals surface area contributed by atoms with E-state index >= 15 is 0 Å². The molecule has 0 bridgehead atoms. The summed E-state index contributed by atoms with van der Waals surface area (Å²) in [6.45, 7) is 7.35. The number of ether oxygens (including phenoxy) is 1. The van der Waals surface area contributed by atoms with Crippen molar-refractivity contribution in [2.45, 2.75) is 38.4 Å². The molecule has 1 atom stereocenters. The zero-order valence-corrected chi connectivity index (χ0v) is 13.8. The number of hydrogen-bond donors (Lipinski definition) is 0. The Kier molecular flexibility index (Phi) is 6.57. The van der Waals surface area contributed by atoms with Crippen molar-refractivity contribution in [1.29, 1.82) is 0 Å². The predicted molar refractivity (Wildman–Crippen MR) is 81.1 cm³/mol. The summed E-state index contributed by atoms with van der Waals surface area (Å²) < 4.78 is 6.68. The van der Waals surface area contributed by atoms with E-state index in [1.165, 1.54) is 5.56 Å². The lowest BCUT2D eigenvalue weighted by atomic mass is 10.0. The van der Waals surface area contributed by atoms with E-state index in [2.05, 4.69) is 64.8 Å². The number of hydrogen-bond acceptors (Lipinski definition) is 1. The Morgan fingerprint density at radius 2 is 2.00 bits per heavy atom. The van der Waals surface area contributed by atoms with E-state index in [4.69, 9.17) is 4.74 Å². The fourth-order valence-electron chi connectivity index (χ4n) is 1.59. The van der Waals surface area contributed by atoms with E-state index in [1.54, 1.807) is 0 Å². The topological polar surface area (TPSA) is 9.23 Å². The van der Waals surface area contributed by atoms with Crippen molar-refractivity contribution in [2.24, 2.45) is 5.92 Å². The van der Waals surface area contributed by atoms with Crippen LogP contribution in [0.4, 0.5) is 0 Å². The van der Waals surface area contributed by atoms with E-state index in [9.17, 15) is 0 Å². The van der Waals surface area contributed by atoms with Gasteiger partial charge in [-0.15, -0.1) is 0 Å². The van der Waals surface area contributed by atoms with Crippen LogP contribution < -0.4 is 4.74 Å². The zero-order chi connectivity index (χ0) is 12.8. The van der Waals surface area contributed by atoms with E-state index < -0.39 is 0 Å². The monoisotopic (exact) mass is 362 g/mol. The van der Waals surface area contributed by atoms with E-state index in [0.717, 1.165) is 29.7 Å². The van der Waals surface area contributed by atoms with Crippen LogP contribution in [0.1, 0.15) is 44.0 Å². The summed E-state index contributed by atoms with van der Waals surface area (Å²) in [5.74, 6) is 1.62. The van der Waals surface area contributed by atoms with Crippen molar-refractivity contribution in [3.8, 4) is 5.75 Å². The van der Waals surface area contributed by atoms with Crippen molar-refractivity contribution in [1.82, 2.24) is 0 Å². The maximum Gasteiger partial charge on any atom is 0.133 e. The summed E-state index contributed by atoms with van der Waals surface area (Å²) in [4.78, 5) is 0.416. The average Bonchev–Trinajstić information content (AvgIpc) is 2.26. The molecule has 0 fully saturated rings. The van der Waals surface area contributed by atoms with Gasteiger partial charge < -0.3 is 4.74 Å². The zero-order valence-electron chi connectivity index (χ0n) is 10.7. The molecule has 0 aromatic heterocycles. The summed E-state index contributed by atoms with van der Waals surface area (Å²) >= 11 is 7.30. The molecule has 3 heteroatoms. The maximum absolute atomic E-state index is 5.64. The second-order valence-electron chi connectivity index (χ2n) is 4.64. The van der Waals surface area contributed by atoms with Crippen LogP contribution in [-0.2, 0) is 0 Å². The van der Waals surface area contributed by atoms with Gasteiger partial charge in [0.1, 0.15) is 5.75 Å². The molecule has 1 rings (SSSR count). The Bertz CT molecular complexity index is 350. The van der Waals surface area contributed by atoms with Crippen LogP contribution in [0.5, 0.6) is 5.75 Å². The molecule has 0 aliphatic rings. The minimum atomic E-state index is 0.416. The Morgan fingerprint density at radius 1 is 1.29 bits per heavy atom. The van der Waals surface area contributed by atoms with Crippen molar-refractivity contribution >= 4 is 31.9 Å². The SMILES string of the molecule is CCCOc1ccc(C(Br)CC(C)C)cc1Br. The first-order valence-electron chi connectivity index (χ1n) is 6.11. The van der Waals surface area contributed by atoms with E-state index in [1.807, 2.05) is 6.07 Å². The van der Waals surface area contributed by atoms with Crippen LogP contribution in [0, 0.1) is 5.92 Å². The summed E-state index contributed by atoms with van der Waals surface area (Å²) in [5.41, 5.74) is 1.30. The molecular formula is C14H20Br2O. The fraction of sp³-hybridized carbons (Fsp3) is 0.571. The summed E-state index contributed by atoms with van der Waals surface area (Å²) in [5, 5.41) is 0. The lowest BCUT2D eigenvalue weighted by Crippen LogP contribution is -1.99. The molecule has 17 heavy (non-hydrogen) atoms. The van der Waals surface area contributed by atoms with Gasteiger partial charge in [-0.05, 0) is 52.4 Å². The minimum absolute atomic E-state index is 0.416. The quantitative estimate of drug-likeness (QED) is 0.587. The van der Waals surface area contributed by atoms with Crippen molar-refractivity contribution < 1.29 is 4.74 Å². The summed E-state index contributed by atoms with van der Waals surface area (Å²) in [6, 6.07) is 6.33. The van der Waals surface area contributed by atoms with Crippen LogP contribution >= 0.6 is 31.9 Å². The molecule has 0 amide bonds. The molecule has 0 N–H and O–H groups in total. The normalized spacial score (nSPS) is 12.8. The second kappa shape index (κ2) is 7.42. The van der Waals surface area contributed by atoms with Gasteiger partial charge in [0.2, 0.25) is 0 Å². The molecule has 1 unspecified atom stereocenters. The molecule has 0 aliphatic carbocycles. The van der Waals surface area contributed by atoms with Crippen molar-refractivity contribution in [3.63, 3.8) is 0 Å². The van der Waals surface area contributed by atoms with Gasteiger partial charge in [0.05, 0.1) is 11.1 Å². The molecule has 1 aromatic carbocycles. The first-order chi connectivity index (χ1) is 8.04. The highest BCUT2D eigenvalue weighted by molar-refractivity contribution is 9.10. The van der Waals surface area contributed by atoms with Gasteiger partial charge >= 0.3 is 0 Å².